The molecule has 0 bridgehead atoms. The highest BCUT2D eigenvalue weighted by molar-refractivity contribution is 7.15. The van der Waals surface area contributed by atoms with E-state index in [9.17, 15) is 14.7 Å². The lowest BCUT2D eigenvalue weighted by Gasteiger charge is -2.53. The molecule has 1 aromatic heterocycles. The zero-order valence-electron chi connectivity index (χ0n) is 21.2. The minimum Gasteiger partial charge on any atom is -0.392 e. The average molecular weight is 480 g/mol. The first kappa shape index (κ1) is 26.1. The van der Waals surface area contributed by atoms with Crippen molar-refractivity contribution in [2.24, 2.45) is 28.6 Å². The number of fused-ring (bicyclic) bond motifs is 2. The van der Waals surface area contributed by atoms with Crippen molar-refractivity contribution < 1.29 is 19.4 Å². The highest BCUT2D eigenvalue weighted by Crippen LogP contribution is 2.57. The Kier molecular flexibility index (Phi) is 7.91. The number of aliphatic hydroxyl groups excluding tert-OH is 1. The van der Waals surface area contributed by atoms with Crippen LogP contribution in [0.2, 0.25) is 0 Å². The minimum absolute atomic E-state index is 0.0155. The summed E-state index contributed by atoms with van der Waals surface area (Å²) in [4.78, 5) is 31.1. The molecule has 2 aliphatic rings. The fraction of sp³-hybridized carbons (Fsp3) is 0.800. The second-order valence-electron chi connectivity index (χ2n) is 11.5. The Balaban J connectivity index is 1.76. The van der Waals surface area contributed by atoms with Crippen LogP contribution in [0, 0.1) is 28.6 Å². The molecule has 6 atom stereocenters. The molecule has 0 unspecified atom stereocenters. The van der Waals surface area contributed by atoms with Crippen molar-refractivity contribution in [3.8, 4) is 0 Å². The lowest BCUT2D eigenvalue weighted by atomic mass is 9.53. The summed E-state index contributed by atoms with van der Waals surface area (Å²) in [6, 6.07) is 0. The van der Waals surface area contributed by atoms with Crippen molar-refractivity contribution >= 4 is 28.3 Å². The van der Waals surface area contributed by atoms with E-state index < -0.39 is 6.10 Å². The number of ether oxygens (including phenoxy) is 1. The fourth-order valence-corrected chi connectivity index (χ4v) is 7.16. The SMILES string of the molecule is COCCNC(=O)[C@@H](C)[C@H]1CC[C@]2(C)Cc3sc(NC(=O)CC(C)(C)C)nc3[C@H](C)[C@@H]2[C@H]1O. The molecule has 1 heterocycles. The Morgan fingerprint density at radius 2 is 2.06 bits per heavy atom. The molecule has 2 aliphatic carbocycles. The molecule has 8 heteroatoms. The van der Waals surface area contributed by atoms with Gasteiger partial charge in [0.15, 0.2) is 5.13 Å². The fourth-order valence-electron chi connectivity index (χ4n) is 5.88. The zero-order valence-corrected chi connectivity index (χ0v) is 22.0. The van der Waals surface area contributed by atoms with Crippen LogP contribution in [0.25, 0.3) is 0 Å². The van der Waals surface area contributed by atoms with Gasteiger partial charge in [0.2, 0.25) is 11.8 Å². The molecule has 186 valence electrons. The number of nitrogens with one attached hydrogen (secondary N) is 2. The molecule has 1 aromatic rings. The summed E-state index contributed by atoms with van der Waals surface area (Å²) in [7, 11) is 1.61. The second-order valence-corrected chi connectivity index (χ2v) is 12.6. The van der Waals surface area contributed by atoms with Crippen LogP contribution in [0.4, 0.5) is 5.13 Å². The third-order valence-corrected chi connectivity index (χ3v) is 8.51. The Hall–Kier alpha value is -1.51. The molecule has 1 saturated carbocycles. The Morgan fingerprint density at radius 3 is 2.70 bits per heavy atom. The minimum atomic E-state index is -0.573. The maximum Gasteiger partial charge on any atom is 0.226 e. The number of aliphatic hydroxyl groups is 1. The maximum absolute atomic E-state index is 12.7. The first-order chi connectivity index (χ1) is 15.4. The highest BCUT2D eigenvalue weighted by Gasteiger charge is 2.53. The molecule has 0 spiro atoms. The molecule has 0 aromatic carbocycles. The summed E-state index contributed by atoms with van der Waals surface area (Å²) >= 11 is 1.57. The summed E-state index contributed by atoms with van der Waals surface area (Å²) in [5.74, 6) is -0.306. The van der Waals surface area contributed by atoms with E-state index in [0.717, 1.165) is 25.0 Å². The number of amides is 2. The van der Waals surface area contributed by atoms with Crippen LogP contribution in [0.3, 0.4) is 0 Å². The maximum atomic E-state index is 12.7. The monoisotopic (exact) mass is 479 g/mol. The van der Waals surface area contributed by atoms with E-state index in [2.05, 4.69) is 24.5 Å². The summed E-state index contributed by atoms with van der Waals surface area (Å²) in [5.41, 5.74) is 0.862. The highest BCUT2D eigenvalue weighted by atomic mass is 32.1. The second kappa shape index (κ2) is 10.0. The number of aromatic nitrogens is 1. The van der Waals surface area contributed by atoms with Crippen molar-refractivity contribution in [2.75, 3.05) is 25.6 Å². The number of anilines is 1. The van der Waals surface area contributed by atoms with Gasteiger partial charge in [0.05, 0.1) is 18.4 Å². The Morgan fingerprint density at radius 1 is 1.36 bits per heavy atom. The van der Waals surface area contributed by atoms with Crippen LogP contribution >= 0.6 is 11.3 Å². The number of nitrogens with zero attached hydrogens (tertiary/aromatic N) is 1. The quantitative estimate of drug-likeness (QED) is 0.514. The number of hydrogen-bond acceptors (Lipinski definition) is 6. The van der Waals surface area contributed by atoms with E-state index in [1.54, 1.807) is 18.4 Å². The summed E-state index contributed by atoms with van der Waals surface area (Å²) in [6.45, 7) is 13.4. The molecule has 0 saturated heterocycles. The predicted octanol–water partition coefficient (Wildman–Crippen LogP) is 3.97. The normalized spacial score (nSPS) is 30.2. The van der Waals surface area contributed by atoms with E-state index in [0.29, 0.717) is 24.7 Å². The van der Waals surface area contributed by atoms with E-state index in [1.807, 2.05) is 27.7 Å². The van der Waals surface area contributed by atoms with Gasteiger partial charge in [-0.2, -0.15) is 0 Å². The van der Waals surface area contributed by atoms with Gasteiger partial charge in [-0.25, -0.2) is 4.98 Å². The summed E-state index contributed by atoms with van der Waals surface area (Å²) in [5, 5.41) is 18.1. The van der Waals surface area contributed by atoms with Crippen LogP contribution in [0.5, 0.6) is 0 Å². The Labute approximate surface area is 202 Å². The molecule has 0 aliphatic heterocycles. The van der Waals surface area contributed by atoms with Crippen molar-refractivity contribution in [1.82, 2.24) is 10.3 Å². The first-order valence-corrected chi connectivity index (χ1v) is 12.9. The molecule has 3 N–H and O–H groups in total. The third kappa shape index (κ3) is 5.77. The van der Waals surface area contributed by atoms with Gasteiger partial charge in [0, 0.05) is 36.8 Å². The molecular weight excluding hydrogens is 438 g/mol. The smallest absolute Gasteiger partial charge is 0.226 e. The standard InChI is InChI=1S/C25H41N3O4S/c1-14(22(31)26-10-11-32-7)16-8-9-25(6)12-17-20(15(2)19(25)21(16)30)28-23(33-17)27-18(29)13-24(3,4)5/h14-16,19,21,30H,8-13H2,1-7H3,(H,26,31)(H,27,28,29)/t14-,15+,16+,19+,21-,25+/m0/s1. The molecule has 0 radical (unpaired) electrons. The van der Waals surface area contributed by atoms with Crippen molar-refractivity contribution in [3.05, 3.63) is 10.6 Å². The van der Waals surface area contributed by atoms with Crippen molar-refractivity contribution in [3.63, 3.8) is 0 Å². The largest absolute Gasteiger partial charge is 0.392 e. The summed E-state index contributed by atoms with van der Waals surface area (Å²) in [6.07, 6.45) is 2.50. The van der Waals surface area contributed by atoms with Crippen LogP contribution in [-0.4, -0.2) is 48.3 Å². The van der Waals surface area contributed by atoms with Crippen LogP contribution in [0.15, 0.2) is 0 Å². The van der Waals surface area contributed by atoms with Gasteiger partial charge in [-0.05, 0) is 41.9 Å². The van der Waals surface area contributed by atoms with Crippen LogP contribution < -0.4 is 10.6 Å². The molecule has 1 fully saturated rings. The van der Waals surface area contributed by atoms with Crippen molar-refractivity contribution in [2.45, 2.75) is 79.2 Å². The molecule has 2 amide bonds. The van der Waals surface area contributed by atoms with E-state index >= 15 is 0 Å². The molecule has 3 rings (SSSR count). The van der Waals surface area contributed by atoms with E-state index in [1.165, 1.54) is 4.88 Å². The lowest BCUT2D eigenvalue weighted by Crippen LogP contribution is -2.53. The van der Waals surface area contributed by atoms with Gasteiger partial charge in [-0.1, -0.05) is 41.5 Å². The van der Waals surface area contributed by atoms with Crippen LogP contribution in [-0.2, 0) is 20.7 Å². The van der Waals surface area contributed by atoms with E-state index in [4.69, 9.17) is 9.72 Å². The number of carbonyl (C=O) groups excluding carboxylic acids is 2. The van der Waals surface area contributed by atoms with Crippen LogP contribution in [0.1, 0.15) is 77.3 Å². The van der Waals surface area contributed by atoms with Gasteiger partial charge in [0.25, 0.3) is 0 Å². The number of rotatable bonds is 7. The molecule has 7 nitrogen and oxygen atoms in total. The lowest BCUT2D eigenvalue weighted by molar-refractivity contribution is -0.135. The average Bonchev–Trinajstić information content (AvgIpc) is 3.07. The van der Waals surface area contributed by atoms with Gasteiger partial charge in [0.1, 0.15) is 0 Å². The Bertz CT molecular complexity index is 864. The van der Waals surface area contributed by atoms with Crippen molar-refractivity contribution in [1.29, 1.82) is 0 Å². The number of hydrogen-bond donors (Lipinski definition) is 3. The third-order valence-electron chi connectivity index (χ3n) is 7.52. The van der Waals surface area contributed by atoms with E-state index in [-0.39, 0.29) is 46.3 Å². The number of thiazole rings is 1. The van der Waals surface area contributed by atoms with Gasteiger partial charge in [-0.15, -0.1) is 11.3 Å². The predicted molar refractivity (Wildman–Crippen MR) is 131 cm³/mol. The molecular formula is C25H41N3O4S. The number of methoxy groups -OCH3 is 1. The zero-order chi connectivity index (χ0) is 24.6. The van der Waals surface area contributed by atoms with Gasteiger partial charge >= 0.3 is 0 Å². The van der Waals surface area contributed by atoms with Gasteiger partial charge in [-0.3, -0.25) is 9.59 Å². The molecule has 33 heavy (non-hydrogen) atoms. The van der Waals surface area contributed by atoms with Gasteiger partial charge < -0.3 is 20.5 Å². The topological polar surface area (TPSA) is 101 Å². The first-order valence-electron chi connectivity index (χ1n) is 12.1. The summed E-state index contributed by atoms with van der Waals surface area (Å²) < 4.78 is 5.02. The number of carbonyl (C=O) groups is 2.